The highest BCUT2D eigenvalue weighted by atomic mass is 16.2. The summed E-state index contributed by atoms with van der Waals surface area (Å²) in [6.45, 7) is 8.94. The van der Waals surface area contributed by atoms with Crippen molar-refractivity contribution in [3.8, 4) is 5.69 Å². The van der Waals surface area contributed by atoms with Crippen molar-refractivity contribution in [2.24, 2.45) is 0 Å². The molecule has 7 nitrogen and oxygen atoms in total. The Labute approximate surface area is 205 Å². The minimum Gasteiger partial charge on any atom is -0.368 e. The number of piperazine rings is 1. The third kappa shape index (κ3) is 4.01. The number of rotatable bonds is 5. The van der Waals surface area contributed by atoms with Gasteiger partial charge in [0.1, 0.15) is 6.04 Å². The molecule has 0 spiro atoms. The maximum Gasteiger partial charge on any atom is 0.281 e. The lowest BCUT2D eigenvalue weighted by atomic mass is 10.1. The molecule has 1 unspecified atom stereocenters. The van der Waals surface area contributed by atoms with E-state index in [1.807, 2.05) is 74.2 Å². The van der Waals surface area contributed by atoms with Crippen LogP contribution < -0.4 is 10.5 Å². The van der Waals surface area contributed by atoms with Gasteiger partial charge >= 0.3 is 0 Å². The van der Waals surface area contributed by atoms with Crippen molar-refractivity contribution in [3.63, 3.8) is 0 Å². The maximum atomic E-state index is 13.7. The molecule has 1 aliphatic heterocycles. The van der Waals surface area contributed by atoms with Gasteiger partial charge in [-0.25, -0.2) is 0 Å². The molecule has 1 fully saturated rings. The lowest BCUT2D eigenvalue weighted by molar-refractivity contribution is -0.135. The van der Waals surface area contributed by atoms with Gasteiger partial charge in [-0.15, -0.1) is 0 Å². The Hall–Kier alpha value is -3.87. The number of aryl methyl sites for hydroxylation is 2. The van der Waals surface area contributed by atoms with Gasteiger partial charge in [0.15, 0.2) is 0 Å². The third-order valence-corrected chi connectivity index (χ3v) is 7.15. The zero-order chi connectivity index (χ0) is 24.5. The molecule has 5 rings (SSSR count). The fraction of sp³-hybridized carbons (Fsp3) is 0.321. The van der Waals surface area contributed by atoms with Crippen LogP contribution in [0.1, 0.15) is 30.8 Å². The lowest BCUT2D eigenvalue weighted by Gasteiger charge is -2.38. The number of aromatic nitrogens is 3. The molecule has 3 heterocycles. The third-order valence-electron chi connectivity index (χ3n) is 7.15. The Morgan fingerprint density at radius 1 is 0.886 bits per heavy atom. The standard InChI is InChI=1S/C28H31N5O2/c1-4-25(27(34)31-17-15-30(16-18-31)22-11-7-5-8-12-22)32-20(2)24-19-29-33(23-13-9-6-10-14-23)28(35)26(24)21(32)3/h5-14,19,25H,4,15-18H2,1-3H3. The average molecular weight is 470 g/mol. The van der Waals surface area contributed by atoms with E-state index in [-0.39, 0.29) is 17.5 Å². The molecule has 180 valence electrons. The summed E-state index contributed by atoms with van der Waals surface area (Å²) < 4.78 is 3.49. The molecule has 2 aromatic carbocycles. The van der Waals surface area contributed by atoms with Crippen LogP contribution in [0, 0.1) is 13.8 Å². The first-order valence-electron chi connectivity index (χ1n) is 12.2. The van der Waals surface area contributed by atoms with E-state index >= 15 is 0 Å². The fourth-order valence-corrected chi connectivity index (χ4v) is 5.30. The van der Waals surface area contributed by atoms with Crippen LogP contribution in [0.4, 0.5) is 5.69 Å². The number of para-hydroxylation sites is 2. The van der Waals surface area contributed by atoms with Crippen molar-refractivity contribution >= 4 is 22.4 Å². The minimum atomic E-state index is -0.352. The molecular formula is C28H31N5O2. The van der Waals surface area contributed by atoms with Gasteiger partial charge < -0.3 is 14.4 Å². The predicted molar refractivity (Wildman–Crippen MR) is 139 cm³/mol. The Morgan fingerprint density at radius 3 is 2.09 bits per heavy atom. The molecule has 0 radical (unpaired) electrons. The molecule has 4 aromatic rings. The first-order valence-corrected chi connectivity index (χ1v) is 12.2. The van der Waals surface area contributed by atoms with Crippen LogP contribution in [0.5, 0.6) is 0 Å². The number of fused-ring (bicyclic) bond motifs is 1. The number of hydrogen-bond donors (Lipinski definition) is 0. The van der Waals surface area contributed by atoms with Crippen LogP contribution in [-0.4, -0.2) is 51.3 Å². The van der Waals surface area contributed by atoms with Crippen LogP contribution >= 0.6 is 0 Å². The molecule has 35 heavy (non-hydrogen) atoms. The second-order valence-electron chi connectivity index (χ2n) is 9.10. The highest BCUT2D eigenvalue weighted by molar-refractivity contribution is 5.89. The molecule has 0 bridgehead atoms. The van der Waals surface area contributed by atoms with Crippen LogP contribution in [0.25, 0.3) is 16.5 Å². The molecule has 1 saturated heterocycles. The number of benzene rings is 2. The number of carbonyl (C=O) groups excluding carboxylic acids is 1. The second-order valence-corrected chi connectivity index (χ2v) is 9.10. The summed E-state index contributed by atoms with van der Waals surface area (Å²) in [4.78, 5) is 31.5. The van der Waals surface area contributed by atoms with E-state index in [2.05, 4.69) is 26.7 Å². The van der Waals surface area contributed by atoms with E-state index in [0.717, 1.165) is 35.6 Å². The Balaban J connectivity index is 1.45. The van der Waals surface area contributed by atoms with Crippen molar-refractivity contribution in [3.05, 3.63) is 88.6 Å². The number of amides is 1. The van der Waals surface area contributed by atoms with Gasteiger partial charge in [0.25, 0.3) is 5.56 Å². The van der Waals surface area contributed by atoms with Crippen LogP contribution in [0.15, 0.2) is 71.7 Å². The molecule has 1 atom stereocenters. The first-order chi connectivity index (χ1) is 17.0. The Bertz CT molecular complexity index is 1400. The molecule has 2 aromatic heterocycles. The highest BCUT2D eigenvalue weighted by Gasteiger charge is 2.30. The second kappa shape index (κ2) is 9.41. The summed E-state index contributed by atoms with van der Waals surface area (Å²) in [6.07, 6.45) is 2.40. The largest absolute Gasteiger partial charge is 0.368 e. The molecule has 0 saturated carbocycles. The van der Waals surface area contributed by atoms with Crippen LogP contribution in [-0.2, 0) is 4.79 Å². The number of carbonyl (C=O) groups is 1. The summed E-state index contributed by atoms with van der Waals surface area (Å²) in [7, 11) is 0. The van der Waals surface area contributed by atoms with Gasteiger partial charge in [0.2, 0.25) is 5.91 Å². The smallest absolute Gasteiger partial charge is 0.281 e. The van der Waals surface area contributed by atoms with E-state index in [9.17, 15) is 9.59 Å². The first kappa shape index (κ1) is 22.9. The van der Waals surface area contributed by atoms with Gasteiger partial charge in [-0.05, 0) is 44.5 Å². The Kier molecular flexibility index (Phi) is 6.16. The zero-order valence-corrected chi connectivity index (χ0v) is 20.5. The molecule has 0 aliphatic carbocycles. The van der Waals surface area contributed by atoms with Gasteiger partial charge in [0, 0.05) is 48.6 Å². The van der Waals surface area contributed by atoms with Gasteiger partial charge in [0.05, 0.1) is 17.3 Å². The molecule has 7 heteroatoms. The van der Waals surface area contributed by atoms with Crippen molar-refractivity contribution in [2.75, 3.05) is 31.1 Å². The van der Waals surface area contributed by atoms with E-state index in [1.54, 1.807) is 6.20 Å². The van der Waals surface area contributed by atoms with Crippen LogP contribution in [0.2, 0.25) is 0 Å². The van der Waals surface area contributed by atoms with Crippen molar-refractivity contribution in [2.45, 2.75) is 33.2 Å². The van der Waals surface area contributed by atoms with Gasteiger partial charge in [-0.2, -0.15) is 9.78 Å². The van der Waals surface area contributed by atoms with Gasteiger partial charge in [-0.3, -0.25) is 9.59 Å². The summed E-state index contributed by atoms with van der Waals surface area (Å²) in [5, 5.41) is 5.87. The minimum absolute atomic E-state index is 0.114. The number of nitrogens with zero attached hydrogens (tertiary/aromatic N) is 5. The molecule has 1 aliphatic rings. The number of hydrogen-bond acceptors (Lipinski definition) is 4. The zero-order valence-electron chi connectivity index (χ0n) is 20.5. The summed E-state index contributed by atoms with van der Waals surface area (Å²) in [6, 6.07) is 19.4. The Morgan fingerprint density at radius 2 is 1.49 bits per heavy atom. The maximum absolute atomic E-state index is 13.7. The summed E-state index contributed by atoms with van der Waals surface area (Å²) in [5.41, 5.74) is 3.48. The van der Waals surface area contributed by atoms with Crippen molar-refractivity contribution in [1.82, 2.24) is 19.2 Å². The molecule has 0 N–H and O–H groups in total. The average Bonchev–Trinajstić information content (AvgIpc) is 3.16. The van der Waals surface area contributed by atoms with E-state index in [1.165, 1.54) is 10.4 Å². The summed E-state index contributed by atoms with van der Waals surface area (Å²) >= 11 is 0. The van der Waals surface area contributed by atoms with E-state index in [0.29, 0.717) is 24.9 Å². The molecular weight excluding hydrogens is 438 g/mol. The normalized spacial score (nSPS) is 14.9. The molecule has 1 amide bonds. The summed E-state index contributed by atoms with van der Waals surface area (Å²) in [5.74, 6) is 0.114. The van der Waals surface area contributed by atoms with Gasteiger partial charge in [-0.1, -0.05) is 43.3 Å². The fourth-order valence-electron chi connectivity index (χ4n) is 5.30. The lowest BCUT2D eigenvalue weighted by Crippen LogP contribution is -2.50. The van der Waals surface area contributed by atoms with Crippen LogP contribution in [0.3, 0.4) is 0 Å². The SMILES string of the molecule is CCC(C(=O)N1CCN(c2ccccc2)CC1)n1c(C)c2cnn(-c3ccccc3)c(=O)c2c1C. The number of anilines is 1. The van der Waals surface area contributed by atoms with Crippen molar-refractivity contribution in [1.29, 1.82) is 0 Å². The van der Waals surface area contributed by atoms with Crippen molar-refractivity contribution < 1.29 is 4.79 Å². The quantitative estimate of drug-likeness (QED) is 0.441. The van der Waals surface area contributed by atoms with E-state index < -0.39 is 0 Å². The topological polar surface area (TPSA) is 63.4 Å². The monoisotopic (exact) mass is 469 g/mol. The highest BCUT2D eigenvalue weighted by Crippen LogP contribution is 2.29. The van der Waals surface area contributed by atoms with E-state index in [4.69, 9.17) is 0 Å². The predicted octanol–water partition coefficient (Wildman–Crippen LogP) is 4.10.